The van der Waals surface area contributed by atoms with Crippen LogP contribution in [0, 0.1) is 19.7 Å². The lowest BCUT2D eigenvalue weighted by atomic mass is 10.2. The number of anilines is 1. The molecule has 0 unspecified atom stereocenters. The number of carbonyl (C=O) groups excluding carboxylic acids is 1. The third-order valence-electron chi connectivity index (χ3n) is 3.55. The summed E-state index contributed by atoms with van der Waals surface area (Å²) in [5, 5.41) is 2.36. The molecule has 0 saturated heterocycles. The average Bonchev–Trinajstić information content (AvgIpc) is 2.52. The summed E-state index contributed by atoms with van der Waals surface area (Å²) in [4.78, 5) is 12.3. The number of nitrogens with one attached hydrogen (secondary N) is 2. The molecule has 5 nitrogen and oxygen atoms in total. The number of benzene rings is 2. The highest BCUT2D eigenvalue weighted by molar-refractivity contribution is 7.89. The molecule has 2 aromatic carbocycles. The van der Waals surface area contributed by atoms with E-state index in [2.05, 4.69) is 10.0 Å². The maximum absolute atomic E-state index is 13.1. The second-order valence-electron chi connectivity index (χ2n) is 5.73. The van der Waals surface area contributed by atoms with Gasteiger partial charge in [0.05, 0.1) is 16.0 Å². The van der Waals surface area contributed by atoms with Crippen molar-refractivity contribution in [3.05, 3.63) is 58.4 Å². The van der Waals surface area contributed by atoms with Gasteiger partial charge in [-0.3, -0.25) is 4.79 Å². The largest absolute Gasteiger partial charge is 0.325 e. The third kappa shape index (κ3) is 4.78. The van der Waals surface area contributed by atoms with Crippen molar-refractivity contribution in [3.8, 4) is 0 Å². The fourth-order valence-electron chi connectivity index (χ4n) is 2.17. The van der Waals surface area contributed by atoms with Gasteiger partial charge in [-0.25, -0.2) is 12.8 Å². The molecule has 134 valence electrons. The van der Waals surface area contributed by atoms with Crippen LogP contribution in [0.1, 0.15) is 18.1 Å². The highest BCUT2D eigenvalue weighted by Gasteiger charge is 2.23. The van der Waals surface area contributed by atoms with Crippen molar-refractivity contribution in [1.82, 2.24) is 4.72 Å². The lowest BCUT2D eigenvalue weighted by Gasteiger charge is -2.16. The fraction of sp³-hybridized carbons (Fsp3) is 0.235. The Morgan fingerprint density at radius 3 is 2.48 bits per heavy atom. The van der Waals surface area contributed by atoms with Crippen LogP contribution in [0.25, 0.3) is 0 Å². The van der Waals surface area contributed by atoms with Crippen LogP contribution >= 0.6 is 11.6 Å². The van der Waals surface area contributed by atoms with Crippen LogP contribution in [0.2, 0.25) is 5.02 Å². The standard InChI is InChI=1S/C17H18ClFN2O3S/c1-10-4-5-11(2)16(8-10)25(23,24)21-12(3)17(22)20-13-6-7-15(19)14(18)9-13/h4-9,12,21H,1-3H3,(H,20,22)/t12-/m0/s1. The Morgan fingerprint density at radius 1 is 1.16 bits per heavy atom. The predicted octanol–water partition coefficient (Wildman–Crippen LogP) is 3.40. The summed E-state index contributed by atoms with van der Waals surface area (Å²) in [6, 6.07) is 7.72. The smallest absolute Gasteiger partial charge is 0.242 e. The molecule has 2 N–H and O–H groups in total. The topological polar surface area (TPSA) is 75.3 Å². The molecule has 0 aliphatic carbocycles. The zero-order valence-electron chi connectivity index (χ0n) is 13.9. The van der Waals surface area contributed by atoms with Gasteiger partial charge in [0.1, 0.15) is 5.82 Å². The van der Waals surface area contributed by atoms with Crippen LogP contribution in [0.5, 0.6) is 0 Å². The van der Waals surface area contributed by atoms with E-state index in [1.165, 1.54) is 19.1 Å². The maximum Gasteiger partial charge on any atom is 0.242 e. The minimum atomic E-state index is -3.86. The third-order valence-corrected chi connectivity index (χ3v) is 5.52. The first kappa shape index (κ1) is 19.4. The Morgan fingerprint density at radius 2 is 1.84 bits per heavy atom. The van der Waals surface area contributed by atoms with E-state index in [1.807, 2.05) is 6.07 Å². The molecule has 0 heterocycles. The van der Waals surface area contributed by atoms with Crippen molar-refractivity contribution in [3.63, 3.8) is 0 Å². The average molecular weight is 385 g/mol. The first-order valence-corrected chi connectivity index (χ1v) is 9.32. The van der Waals surface area contributed by atoms with Gasteiger partial charge in [-0.15, -0.1) is 0 Å². The van der Waals surface area contributed by atoms with Crippen molar-refractivity contribution in [1.29, 1.82) is 0 Å². The molecule has 0 radical (unpaired) electrons. The van der Waals surface area contributed by atoms with Crippen molar-refractivity contribution in [2.24, 2.45) is 0 Å². The highest BCUT2D eigenvalue weighted by Crippen LogP contribution is 2.20. The van der Waals surface area contributed by atoms with Gasteiger partial charge < -0.3 is 5.32 Å². The van der Waals surface area contributed by atoms with Gasteiger partial charge in [-0.2, -0.15) is 4.72 Å². The molecule has 25 heavy (non-hydrogen) atoms. The van der Waals surface area contributed by atoms with Crippen LogP contribution in [-0.2, 0) is 14.8 Å². The van der Waals surface area contributed by atoms with E-state index >= 15 is 0 Å². The van der Waals surface area contributed by atoms with Crippen LogP contribution in [0.4, 0.5) is 10.1 Å². The van der Waals surface area contributed by atoms with E-state index in [-0.39, 0.29) is 15.6 Å². The Hall–Kier alpha value is -1.96. The second-order valence-corrected chi connectivity index (χ2v) is 7.82. The minimum absolute atomic E-state index is 0.122. The van der Waals surface area contributed by atoms with Gasteiger partial charge in [0.15, 0.2) is 0 Å². The Balaban J connectivity index is 2.14. The SMILES string of the molecule is Cc1ccc(C)c(S(=O)(=O)N[C@@H](C)C(=O)Nc2ccc(F)c(Cl)c2)c1. The first-order valence-electron chi connectivity index (χ1n) is 7.45. The van der Waals surface area contributed by atoms with Gasteiger partial charge >= 0.3 is 0 Å². The van der Waals surface area contributed by atoms with Gasteiger partial charge in [0.25, 0.3) is 0 Å². The quantitative estimate of drug-likeness (QED) is 0.829. The molecule has 0 bridgehead atoms. The van der Waals surface area contributed by atoms with Gasteiger partial charge in [-0.1, -0.05) is 23.7 Å². The Kier molecular flexibility index (Phi) is 5.82. The summed E-state index contributed by atoms with van der Waals surface area (Å²) >= 11 is 5.66. The molecule has 2 aromatic rings. The summed E-state index contributed by atoms with van der Waals surface area (Å²) in [5.74, 6) is -1.19. The molecule has 8 heteroatoms. The van der Waals surface area contributed by atoms with E-state index in [0.29, 0.717) is 5.56 Å². The zero-order chi connectivity index (χ0) is 18.8. The number of sulfonamides is 1. The number of aryl methyl sites for hydroxylation is 2. The number of amides is 1. The van der Waals surface area contributed by atoms with E-state index in [1.54, 1.807) is 26.0 Å². The van der Waals surface area contributed by atoms with Gasteiger partial charge in [0.2, 0.25) is 15.9 Å². The molecule has 0 saturated carbocycles. The van der Waals surface area contributed by atoms with Crippen molar-refractivity contribution in [2.45, 2.75) is 31.7 Å². The number of rotatable bonds is 5. The van der Waals surface area contributed by atoms with Crippen LogP contribution in [-0.4, -0.2) is 20.4 Å². The lowest BCUT2D eigenvalue weighted by Crippen LogP contribution is -2.41. The van der Waals surface area contributed by atoms with Crippen molar-refractivity contribution >= 4 is 33.2 Å². The number of carbonyl (C=O) groups is 1. The maximum atomic E-state index is 13.1. The molecule has 0 aliphatic rings. The number of halogens is 2. The number of hydrogen-bond acceptors (Lipinski definition) is 3. The Bertz CT molecular complexity index is 916. The van der Waals surface area contributed by atoms with Crippen LogP contribution in [0.15, 0.2) is 41.3 Å². The van der Waals surface area contributed by atoms with Crippen LogP contribution < -0.4 is 10.0 Å². The minimum Gasteiger partial charge on any atom is -0.325 e. The fourth-order valence-corrected chi connectivity index (χ4v) is 3.88. The van der Waals surface area contributed by atoms with Gasteiger partial charge in [-0.05, 0) is 56.2 Å². The normalized spacial score (nSPS) is 12.7. The van der Waals surface area contributed by atoms with E-state index in [0.717, 1.165) is 11.6 Å². The molecule has 1 atom stereocenters. The lowest BCUT2D eigenvalue weighted by molar-refractivity contribution is -0.117. The molecule has 0 spiro atoms. The summed E-state index contributed by atoms with van der Waals surface area (Å²) in [6.07, 6.45) is 0. The molecule has 2 rings (SSSR count). The van der Waals surface area contributed by atoms with Crippen LogP contribution in [0.3, 0.4) is 0 Å². The monoisotopic (exact) mass is 384 g/mol. The van der Waals surface area contributed by atoms with Crippen molar-refractivity contribution in [2.75, 3.05) is 5.32 Å². The Labute approximate surface area is 151 Å². The predicted molar refractivity (Wildman–Crippen MR) is 95.7 cm³/mol. The molecule has 0 aliphatic heterocycles. The van der Waals surface area contributed by atoms with Crippen molar-refractivity contribution < 1.29 is 17.6 Å². The summed E-state index contributed by atoms with van der Waals surface area (Å²) < 4.78 is 40.5. The molecule has 0 aromatic heterocycles. The second kappa shape index (κ2) is 7.51. The highest BCUT2D eigenvalue weighted by atomic mass is 35.5. The molecule has 0 fully saturated rings. The molecular weight excluding hydrogens is 367 g/mol. The number of hydrogen-bond donors (Lipinski definition) is 2. The van der Waals surface area contributed by atoms with Gasteiger partial charge in [0, 0.05) is 5.69 Å². The van der Waals surface area contributed by atoms with E-state index in [4.69, 9.17) is 11.6 Å². The summed E-state index contributed by atoms with van der Waals surface area (Å²) in [6.45, 7) is 4.88. The summed E-state index contributed by atoms with van der Waals surface area (Å²) in [5.41, 5.74) is 1.65. The molecule has 1 amide bonds. The summed E-state index contributed by atoms with van der Waals surface area (Å²) in [7, 11) is -3.86. The van der Waals surface area contributed by atoms with E-state index in [9.17, 15) is 17.6 Å². The first-order chi connectivity index (χ1) is 11.6. The zero-order valence-corrected chi connectivity index (χ0v) is 15.5. The van der Waals surface area contributed by atoms with E-state index < -0.39 is 27.8 Å². The molecular formula is C17H18ClFN2O3S.